The van der Waals surface area contributed by atoms with Crippen molar-refractivity contribution in [3.8, 4) is 0 Å². The van der Waals surface area contributed by atoms with Crippen molar-refractivity contribution in [3.05, 3.63) is 24.0 Å². The van der Waals surface area contributed by atoms with Crippen molar-refractivity contribution in [2.75, 3.05) is 6.54 Å². The number of aliphatic carboxylic acids is 1. The fourth-order valence-corrected chi connectivity index (χ4v) is 2.87. The number of rotatable bonds is 5. The van der Waals surface area contributed by atoms with E-state index in [4.69, 9.17) is 0 Å². The number of carbonyl (C=O) groups is 2. The molecule has 2 heterocycles. The third-order valence-corrected chi connectivity index (χ3v) is 3.84. The first-order valence-electron chi connectivity index (χ1n) is 7.15. The highest BCUT2D eigenvalue weighted by Gasteiger charge is 2.49. The van der Waals surface area contributed by atoms with E-state index in [1.165, 1.54) is 4.90 Å². The summed E-state index contributed by atoms with van der Waals surface area (Å²) in [4.78, 5) is 25.4. The van der Waals surface area contributed by atoms with Crippen LogP contribution in [-0.2, 0) is 11.3 Å². The molecule has 2 amide bonds. The van der Waals surface area contributed by atoms with Gasteiger partial charge < -0.3 is 15.3 Å². The molecule has 1 aromatic rings. The van der Waals surface area contributed by atoms with Gasteiger partial charge in [0.15, 0.2) is 0 Å². The molecule has 21 heavy (non-hydrogen) atoms. The summed E-state index contributed by atoms with van der Waals surface area (Å²) in [6.07, 6.45) is 3.98. The van der Waals surface area contributed by atoms with Gasteiger partial charge in [-0.25, -0.2) is 9.59 Å². The largest absolute Gasteiger partial charge is 0.479 e. The summed E-state index contributed by atoms with van der Waals surface area (Å²) < 4.78 is 0. The second kappa shape index (κ2) is 6.51. The molecule has 2 rings (SSSR count). The van der Waals surface area contributed by atoms with E-state index in [0.29, 0.717) is 31.5 Å². The normalized spacial score (nSPS) is 21.3. The lowest BCUT2D eigenvalue weighted by molar-refractivity contribution is -0.148. The number of nitrogens with one attached hydrogen (secondary N) is 1. The lowest BCUT2D eigenvalue weighted by Gasteiger charge is -2.34. The van der Waals surface area contributed by atoms with Crippen LogP contribution in [0.3, 0.4) is 0 Å². The zero-order valence-electron chi connectivity index (χ0n) is 12.1. The first-order valence-corrected chi connectivity index (χ1v) is 7.15. The first kappa shape index (κ1) is 15.2. The van der Waals surface area contributed by atoms with Crippen LogP contribution in [0.4, 0.5) is 4.79 Å². The number of likely N-dealkylation sites (tertiary alicyclic amines) is 1. The monoisotopic (exact) mass is 292 g/mol. The quantitative estimate of drug-likeness (QED) is 0.855. The van der Waals surface area contributed by atoms with Crippen molar-refractivity contribution in [3.63, 3.8) is 0 Å². The predicted octanol–water partition coefficient (Wildman–Crippen LogP) is 1.41. The zero-order chi connectivity index (χ0) is 15.3. The summed E-state index contributed by atoms with van der Waals surface area (Å²) in [5, 5.41) is 19.9. The SMILES string of the molecule is CCCC1(C(=O)O)CCCN1C(=O)NCc1cccnn1. The summed E-state index contributed by atoms with van der Waals surface area (Å²) >= 11 is 0. The van der Waals surface area contributed by atoms with E-state index in [2.05, 4.69) is 15.5 Å². The Morgan fingerprint density at radius 2 is 2.33 bits per heavy atom. The Bertz CT molecular complexity index is 508. The van der Waals surface area contributed by atoms with Gasteiger partial charge in [-0.2, -0.15) is 10.2 Å². The lowest BCUT2D eigenvalue weighted by Crippen LogP contribution is -2.55. The van der Waals surface area contributed by atoms with Gasteiger partial charge in [-0.3, -0.25) is 0 Å². The summed E-state index contributed by atoms with van der Waals surface area (Å²) in [7, 11) is 0. The molecule has 1 aromatic heterocycles. The molecule has 0 aromatic carbocycles. The van der Waals surface area contributed by atoms with E-state index >= 15 is 0 Å². The van der Waals surface area contributed by atoms with E-state index in [0.717, 1.165) is 6.42 Å². The van der Waals surface area contributed by atoms with Crippen LogP contribution in [0.25, 0.3) is 0 Å². The number of carboxylic acid groups (broad SMARTS) is 1. The minimum absolute atomic E-state index is 0.241. The summed E-state index contributed by atoms with van der Waals surface area (Å²) in [5.41, 5.74) is -0.428. The fourth-order valence-electron chi connectivity index (χ4n) is 2.87. The van der Waals surface area contributed by atoms with Gasteiger partial charge in [0.1, 0.15) is 5.54 Å². The third-order valence-electron chi connectivity index (χ3n) is 3.84. The van der Waals surface area contributed by atoms with Gasteiger partial charge >= 0.3 is 12.0 Å². The molecular formula is C14H20N4O3. The molecular weight excluding hydrogens is 272 g/mol. The molecule has 0 bridgehead atoms. The van der Waals surface area contributed by atoms with Gasteiger partial charge in [-0.15, -0.1) is 0 Å². The number of hydrogen-bond acceptors (Lipinski definition) is 4. The molecule has 7 heteroatoms. The second-order valence-electron chi connectivity index (χ2n) is 5.22. The lowest BCUT2D eigenvalue weighted by atomic mass is 9.91. The van der Waals surface area contributed by atoms with Crippen molar-refractivity contribution in [1.29, 1.82) is 0 Å². The van der Waals surface area contributed by atoms with Crippen molar-refractivity contribution >= 4 is 12.0 Å². The van der Waals surface area contributed by atoms with Crippen molar-refractivity contribution in [2.24, 2.45) is 0 Å². The Morgan fingerprint density at radius 1 is 1.52 bits per heavy atom. The summed E-state index contributed by atoms with van der Waals surface area (Å²) in [5.74, 6) is -0.920. The molecule has 0 radical (unpaired) electrons. The highest BCUT2D eigenvalue weighted by atomic mass is 16.4. The molecule has 1 fully saturated rings. The van der Waals surface area contributed by atoms with Crippen LogP contribution >= 0.6 is 0 Å². The Kier molecular flexibility index (Phi) is 4.72. The van der Waals surface area contributed by atoms with Crippen LogP contribution in [0.1, 0.15) is 38.3 Å². The number of nitrogens with zero attached hydrogens (tertiary/aromatic N) is 3. The maximum atomic E-state index is 12.3. The average Bonchev–Trinajstić information content (AvgIpc) is 2.91. The van der Waals surface area contributed by atoms with Crippen molar-refractivity contribution < 1.29 is 14.7 Å². The van der Waals surface area contributed by atoms with E-state index < -0.39 is 11.5 Å². The highest BCUT2D eigenvalue weighted by molar-refractivity contribution is 5.87. The van der Waals surface area contributed by atoms with Crippen LogP contribution in [0, 0.1) is 0 Å². The molecule has 1 atom stereocenters. The molecule has 1 unspecified atom stereocenters. The topological polar surface area (TPSA) is 95.4 Å². The van der Waals surface area contributed by atoms with Crippen LogP contribution in [0.2, 0.25) is 0 Å². The van der Waals surface area contributed by atoms with Gasteiger partial charge in [-0.05, 0) is 31.4 Å². The number of amides is 2. The number of hydrogen-bond donors (Lipinski definition) is 2. The number of carboxylic acids is 1. The Labute approximate surface area is 123 Å². The van der Waals surface area contributed by atoms with E-state index in [1.54, 1.807) is 18.3 Å². The van der Waals surface area contributed by atoms with Crippen LogP contribution in [0.15, 0.2) is 18.3 Å². The Balaban J connectivity index is 2.05. The maximum Gasteiger partial charge on any atom is 0.329 e. The molecule has 0 spiro atoms. The summed E-state index contributed by atoms with van der Waals surface area (Å²) in [6.45, 7) is 2.64. The molecule has 114 valence electrons. The number of urea groups is 1. The fraction of sp³-hybridized carbons (Fsp3) is 0.571. The van der Waals surface area contributed by atoms with Crippen LogP contribution in [-0.4, -0.2) is 44.3 Å². The van der Waals surface area contributed by atoms with Gasteiger partial charge in [0.05, 0.1) is 12.2 Å². The molecule has 1 aliphatic heterocycles. The molecule has 7 nitrogen and oxygen atoms in total. The third kappa shape index (κ3) is 3.12. The molecule has 0 saturated carbocycles. The molecule has 1 aliphatic rings. The Morgan fingerprint density at radius 3 is 2.95 bits per heavy atom. The van der Waals surface area contributed by atoms with E-state index in [9.17, 15) is 14.7 Å². The van der Waals surface area contributed by atoms with Gasteiger partial charge in [-0.1, -0.05) is 13.3 Å². The molecule has 1 saturated heterocycles. The highest BCUT2D eigenvalue weighted by Crippen LogP contribution is 2.34. The smallest absolute Gasteiger partial charge is 0.329 e. The van der Waals surface area contributed by atoms with Crippen molar-refractivity contribution in [1.82, 2.24) is 20.4 Å². The van der Waals surface area contributed by atoms with Gasteiger partial charge in [0.2, 0.25) is 0 Å². The van der Waals surface area contributed by atoms with Gasteiger partial charge in [0, 0.05) is 12.7 Å². The minimum Gasteiger partial charge on any atom is -0.479 e. The van der Waals surface area contributed by atoms with E-state index in [1.807, 2.05) is 6.92 Å². The maximum absolute atomic E-state index is 12.3. The van der Waals surface area contributed by atoms with Crippen molar-refractivity contribution in [2.45, 2.75) is 44.7 Å². The zero-order valence-corrected chi connectivity index (χ0v) is 12.1. The minimum atomic E-state index is -1.07. The Hall–Kier alpha value is -2.18. The average molecular weight is 292 g/mol. The second-order valence-corrected chi connectivity index (χ2v) is 5.22. The summed E-state index contributed by atoms with van der Waals surface area (Å²) in [6, 6.07) is 3.14. The van der Waals surface area contributed by atoms with Crippen LogP contribution in [0.5, 0.6) is 0 Å². The first-order chi connectivity index (χ1) is 10.1. The number of aromatic nitrogens is 2. The van der Waals surface area contributed by atoms with Gasteiger partial charge in [0.25, 0.3) is 0 Å². The predicted molar refractivity (Wildman–Crippen MR) is 75.5 cm³/mol. The molecule has 2 N–H and O–H groups in total. The van der Waals surface area contributed by atoms with E-state index in [-0.39, 0.29) is 12.6 Å². The number of carbonyl (C=O) groups excluding carboxylic acids is 1. The molecule has 0 aliphatic carbocycles. The standard InChI is InChI=1S/C14H20N4O3/c1-2-6-14(12(19)20)7-4-9-18(14)13(21)15-10-11-5-3-8-16-17-11/h3,5,8H,2,4,6-7,9-10H2,1H3,(H,15,21)(H,19,20). The van der Waals surface area contributed by atoms with Crippen LogP contribution < -0.4 is 5.32 Å².